The third-order valence-corrected chi connectivity index (χ3v) is 3.46. The van der Waals surface area contributed by atoms with Crippen LogP contribution in [0.4, 0.5) is 0 Å². The second kappa shape index (κ2) is 5.01. The van der Waals surface area contributed by atoms with Crippen molar-refractivity contribution in [2.75, 3.05) is 6.54 Å². The molecule has 2 amide bonds. The van der Waals surface area contributed by atoms with Gasteiger partial charge in [0, 0.05) is 13.1 Å². The maximum atomic E-state index is 12.3. The van der Waals surface area contributed by atoms with E-state index in [0.29, 0.717) is 6.54 Å². The summed E-state index contributed by atoms with van der Waals surface area (Å²) in [5, 5.41) is 5.92. The van der Waals surface area contributed by atoms with E-state index in [-0.39, 0.29) is 11.8 Å². The minimum Gasteiger partial charge on any atom is -0.368 e. The molecule has 0 bridgehead atoms. The zero-order valence-corrected chi connectivity index (χ0v) is 11.2. The first-order valence-electron chi connectivity index (χ1n) is 6.32. The molecule has 0 radical (unpaired) electrons. The second-order valence-electron chi connectivity index (χ2n) is 5.36. The number of amides is 2. The number of carbonyl (C=O) groups excluding carboxylic acids is 2. The van der Waals surface area contributed by atoms with Crippen LogP contribution in [0.15, 0.2) is 24.3 Å². The van der Waals surface area contributed by atoms with Crippen molar-refractivity contribution in [3.05, 3.63) is 35.4 Å². The fourth-order valence-electron chi connectivity index (χ4n) is 2.19. The lowest BCUT2D eigenvalue weighted by atomic mass is 9.89. The van der Waals surface area contributed by atoms with Gasteiger partial charge in [0.25, 0.3) is 0 Å². The molecule has 0 saturated carbocycles. The Bertz CT molecular complexity index is 511. The molecular weight excluding hydrogens is 242 g/mol. The smallest absolute Gasteiger partial charge is 0.242 e. The number of primary amides is 1. The Kier molecular flexibility index (Phi) is 3.57. The summed E-state index contributed by atoms with van der Waals surface area (Å²) in [6.07, 6.45) is 0. The van der Waals surface area contributed by atoms with Gasteiger partial charge in [0.05, 0.1) is 5.92 Å². The molecule has 0 aliphatic carbocycles. The van der Waals surface area contributed by atoms with Crippen LogP contribution in [0.25, 0.3) is 0 Å². The Morgan fingerprint density at radius 3 is 2.74 bits per heavy atom. The van der Waals surface area contributed by atoms with Crippen molar-refractivity contribution in [2.45, 2.75) is 31.8 Å². The fourth-order valence-corrected chi connectivity index (χ4v) is 2.19. The molecule has 2 rings (SSSR count). The fraction of sp³-hybridized carbons (Fsp3) is 0.429. The lowest BCUT2D eigenvalue weighted by molar-refractivity contribution is -0.131. The molecule has 0 spiro atoms. The number of benzene rings is 1. The van der Waals surface area contributed by atoms with Gasteiger partial charge in [0.2, 0.25) is 11.8 Å². The van der Waals surface area contributed by atoms with Crippen LogP contribution >= 0.6 is 0 Å². The summed E-state index contributed by atoms with van der Waals surface area (Å²) in [5.74, 6) is -1.01. The van der Waals surface area contributed by atoms with E-state index in [9.17, 15) is 9.59 Å². The molecule has 1 unspecified atom stereocenters. The van der Waals surface area contributed by atoms with Gasteiger partial charge in [-0.2, -0.15) is 0 Å². The van der Waals surface area contributed by atoms with Crippen molar-refractivity contribution in [1.82, 2.24) is 10.6 Å². The summed E-state index contributed by atoms with van der Waals surface area (Å²) in [6, 6.07) is 7.83. The van der Waals surface area contributed by atoms with Crippen LogP contribution in [-0.4, -0.2) is 23.9 Å². The van der Waals surface area contributed by atoms with Crippen molar-refractivity contribution in [3.8, 4) is 0 Å². The SMILES string of the molecule is CC(C)(NC(=O)C1CNCc2ccccc21)C(N)=O. The number of nitrogens with one attached hydrogen (secondary N) is 2. The molecule has 0 saturated heterocycles. The van der Waals surface area contributed by atoms with E-state index in [2.05, 4.69) is 10.6 Å². The third-order valence-electron chi connectivity index (χ3n) is 3.46. The van der Waals surface area contributed by atoms with Crippen molar-refractivity contribution in [1.29, 1.82) is 0 Å². The molecule has 4 N–H and O–H groups in total. The number of fused-ring (bicyclic) bond motifs is 1. The topological polar surface area (TPSA) is 84.2 Å². The summed E-state index contributed by atoms with van der Waals surface area (Å²) in [7, 11) is 0. The van der Waals surface area contributed by atoms with Crippen LogP contribution < -0.4 is 16.4 Å². The van der Waals surface area contributed by atoms with Gasteiger partial charge < -0.3 is 16.4 Å². The Morgan fingerprint density at radius 2 is 2.05 bits per heavy atom. The molecule has 1 heterocycles. The second-order valence-corrected chi connectivity index (χ2v) is 5.36. The number of rotatable bonds is 3. The lowest BCUT2D eigenvalue weighted by Crippen LogP contribution is -2.55. The third kappa shape index (κ3) is 2.76. The number of hydrogen-bond acceptors (Lipinski definition) is 3. The molecule has 1 atom stereocenters. The highest BCUT2D eigenvalue weighted by Crippen LogP contribution is 2.24. The normalized spacial score (nSPS) is 18.5. The van der Waals surface area contributed by atoms with Gasteiger partial charge in [-0.1, -0.05) is 24.3 Å². The minimum atomic E-state index is -1.04. The molecular formula is C14H19N3O2. The summed E-state index contributed by atoms with van der Waals surface area (Å²) in [6.45, 7) is 4.54. The van der Waals surface area contributed by atoms with Gasteiger partial charge in [0.1, 0.15) is 5.54 Å². The van der Waals surface area contributed by atoms with E-state index in [1.54, 1.807) is 13.8 Å². The molecule has 1 aliphatic rings. The van der Waals surface area contributed by atoms with E-state index >= 15 is 0 Å². The van der Waals surface area contributed by atoms with E-state index in [1.807, 2.05) is 24.3 Å². The number of carbonyl (C=O) groups is 2. The molecule has 102 valence electrons. The lowest BCUT2D eigenvalue weighted by Gasteiger charge is -2.29. The van der Waals surface area contributed by atoms with E-state index in [1.165, 1.54) is 0 Å². The molecule has 0 aromatic heterocycles. The van der Waals surface area contributed by atoms with E-state index < -0.39 is 11.4 Å². The maximum absolute atomic E-state index is 12.3. The van der Waals surface area contributed by atoms with Gasteiger partial charge in [-0.3, -0.25) is 9.59 Å². The standard InChI is InChI=1S/C14H19N3O2/c1-14(2,13(15)19)17-12(18)11-8-16-7-9-5-3-4-6-10(9)11/h3-6,11,16H,7-8H2,1-2H3,(H2,15,19)(H,17,18). The minimum absolute atomic E-state index is 0.177. The quantitative estimate of drug-likeness (QED) is 0.729. The van der Waals surface area contributed by atoms with Crippen molar-refractivity contribution < 1.29 is 9.59 Å². The van der Waals surface area contributed by atoms with E-state index in [4.69, 9.17) is 5.73 Å². The van der Waals surface area contributed by atoms with Gasteiger partial charge in [-0.05, 0) is 25.0 Å². The zero-order chi connectivity index (χ0) is 14.0. The Morgan fingerprint density at radius 1 is 1.37 bits per heavy atom. The van der Waals surface area contributed by atoms with Crippen LogP contribution in [-0.2, 0) is 16.1 Å². The number of hydrogen-bond donors (Lipinski definition) is 3. The molecule has 0 fully saturated rings. The predicted octanol–water partition coefficient (Wildman–Crippen LogP) is 0.253. The Labute approximate surface area is 112 Å². The molecule has 19 heavy (non-hydrogen) atoms. The summed E-state index contributed by atoms with van der Waals surface area (Å²) in [4.78, 5) is 23.6. The van der Waals surface area contributed by atoms with Gasteiger partial charge >= 0.3 is 0 Å². The van der Waals surface area contributed by atoms with Crippen LogP contribution in [0.2, 0.25) is 0 Å². The van der Waals surface area contributed by atoms with Gasteiger partial charge in [-0.15, -0.1) is 0 Å². The molecule has 1 aromatic carbocycles. The van der Waals surface area contributed by atoms with Crippen LogP contribution in [0.1, 0.15) is 30.9 Å². The first kappa shape index (κ1) is 13.5. The molecule has 5 heteroatoms. The summed E-state index contributed by atoms with van der Waals surface area (Å²) in [5.41, 5.74) is 6.36. The summed E-state index contributed by atoms with van der Waals surface area (Å²) < 4.78 is 0. The monoisotopic (exact) mass is 261 g/mol. The first-order chi connectivity index (χ1) is 8.92. The predicted molar refractivity (Wildman–Crippen MR) is 72.3 cm³/mol. The van der Waals surface area contributed by atoms with Crippen LogP contribution in [0.5, 0.6) is 0 Å². The van der Waals surface area contributed by atoms with Gasteiger partial charge in [-0.25, -0.2) is 0 Å². The highest BCUT2D eigenvalue weighted by Gasteiger charge is 2.32. The molecule has 1 aromatic rings. The first-order valence-corrected chi connectivity index (χ1v) is 6.32. The largest absolute Gasteiger partial charge is 0.368 e. The van der Waals surface area contributed by atoms with E-state index in [0.717, 1.165) is 17.7 Å². The Hall–Kier alpha value is -1.88. The van der Waals surface area contributed by atoms with Crippen molar-refractivity contribution in [3.63, 3.8) is 0 Å². The van der Waals surface area contributed by atoms with Crippen molar-refractivity contribution >= 4 is 11.8 Å². The van der Waals surface area contributed by atoms with Crippen molar-refractivity contribution in [2.24, 2.45) is 5.73 Å². The Balaban J connectivity index is 2.20. The average molecular weight is 261 g/mol. The molecule has 5 nitrogen and oxygen atoms in total. The highest BCUT2D eigenvalue weighted by molar-refractivity contribution is 5.92. The van der Waals surface area contributed by atoms with Crippen LogP contribution in [0, 0.1) is 0 Å². The summed E-state index contributed by atoms with van der Waals surface area (Å²) >= 11 is 0. The highest BCUT2D eigenvalue weighted by atomic mass is 16.2. The average Bonchev–Trinajstić information content (AvgIpc) is 2.37. The molecule has 1 aliphatic heterocycles. The zero-order valence-electron chi connectivity index (χ0n) is 11.2. The maximum Gasteiger partial charge on any atom is 0.242 e. The van der Waals surface area contributed by atoms with Crippen LogP contribution in [0.3, 0.4) is 0 Å². The number of nitrogens with two attached hydrogens (primary N) is 1. The van der Waals surface area contributed by atoms with Gasteiger partial charge in [0.15, 0.2) is 0 Å².